The van der Waals surface area contributed by atoms with Gasteiger partial charge >= 0.3 is 0 Å². The number of nitrogens with zero attached hydrogens (tertiary/aromatic N) is 1. The minimum Gasteiger partial charge on any atom is -0.399 e. The molecule has 0 saturated carbocycles. The summed E-state index contributed by atoms with van der Waals surface area (Å²) in [7, 11) is 0. The third-order valence-corrected chi connectivity index (χ3v) is 4.32. The Morgan fingerprint density at radius 2 is 1.94 bits per heavy atom. The van der Waals surface area contributed by atoms with Gasteiger partial charge in [0.2, 0.25) is 0 Å². The van der Waals surface area contributed by atoms with E-state index in [-0.39, 0.29) is 5.91 Å². The predicted molar refractivity (Wildman–Crippen MR) is 77.5 cm³/mol. The summed E-state index contributed by atoms with van der Waals surface area (Å²) in [5, 5.41) is 0. The van der Waals surface area contributed by atoms with Gasteiger partial charge in [0.15, 0.2) is 0 Å². The largest absolute Gasteiger partial charge is 0.399 e. The van der Waals surface area contributed by atoms with Crippen LogP contribution in [0.15, 0.2) is 22.7 Å². The van der Waals surface area contributed by atoms with Crippen LogP contribution in [0.5, 0.6) is 0 Å². The first-order chi connectivity index (χ1) is 8.39. The molecule has 1 heterocycles. The van der Waals surface area contributed by atoms with E-state index in [1.807, 2.05) is 11.0 Å². The SMILES string of the molecule is CC1(C)CCN(C(=O)c2cc(N)ccc2Br)CC1. The molecule has 4 heteroatoms. The highest BCUT2D eigenvalue weighted by molar-refractivity contribution is 9.10. The van der Waals surface area contributed by atoms with Gasteiger partial charge in [0.25, 0.3) is 5.91 Å². The fourth-order valence-corrected chi connectivity index (χ4v) is 2.61. The molecule has 0 bridgehead atoms. The Kier molecular flexibility index (Phi) is 3.66. The third kappa shape index (κ3) is 2.86. The molecule has 0 spiro atoms. The van der Waals surface area contributed by atoms with Crippen LogP contribution < -0.4 is 5.73 Å². The van der Waals surface area contributed by atoms with Crippen LogP contribution in [0, 0.1) is 5.41 Å². The van der Waals surface area contributed by atoms with Gasteiger partial charge in [-0.15, -0.1) is 0 Å². The van der Waals surface area contributed by atoms with Gasteiger partial charge in [0, 0.05) is 23.2 Å². The second kappa shape index (κ2) is 4.92. The number of piperidine rings is 1. The monoisotopic (exact) mass is 310 g/mol. The molecule has 0 atom stereocenters. The average Bonchev–Trinajstić information content (AvgIpc) is 2.31. The number of carbonyl (C=O) groups is 1. The second-order valence-electron chi connectivity index (χ2n) is 5.70. The van der Waals surface area contributed by atoms with E-state index < -0.39 is 0 Å². The molecule has 1 aromatic rings. The van der Waals surface area contributed by atoms with Crippen LogP contribution in [-0.4, -0.2) is 23.9 Å². The maximum Gasteiger partial charge on any atom is 0.255 e. The Bertz CT molecular complexity index is 461. The summed E-state index contributed by atoms with van der Waals surface area (Å²) in [5.41, 5.74) is 7.38. The molecular weight excluding hydrogens is 292 g/mol. The lowest BCUT2D eigenvalue weighted by Gasteiger charge is -2.37. The zero-order valence-electron chi connectivity index (χ0n) is 10.9. The number of likely N-dealkylation sites (tertiary alicyclic amines) is 1. The quantitative estimate of drug-likeness (QED) is 0.809. The summed E-state index contributed by atoms with van der Waals surface area (Å²) >= 11 is 3.42. The Morgan fingerprint density at radius 1 is 1.33 bits per heavy atom. The molecule has 1 saturated heterocycles. The first-order valence-electron chi connectivity index (χ1n) is 6.23. The van der Waals surface area contributed by atoms with Gasteiger partial charge in [0.1, 0.15) is 0 Å². The molecule has 98 valence electrons. The molecule has 1 aromatic carbocycles. The first kappa shape index (κ1) is 13.4. The van der Waals surface area contributed by atoms with Crippen LogP contribution in [0.2, 0.25) is 0 Å². The van der Waals surface area contributed by atoms with Crippen LogP contribution >= 0.6 is 15.9 Å². The predicted octanol–water partition coefficient (Wildman–Crippen LogP) is 3.29. The van der Waals surface area contributed by atoms with Gasteiger partial charge in [-0.3, -0.25) is 4.79 Å². The summed E-state index contributed by atoms with van der Waals surface area (Å²) in [5.74, 6) is 0.0738. The Labute approximate surface area is 116 Å². The molecule has 1 amide bonds. The lowest BCUT2D eigenvalue weighted by atomic mass is 9.82. The van der Waals surface area contributed by atoms with Gasteiger partial charge in [0.05, 0.1) is 5.56 Å². The molecule has 0 radical (unpaired) electrons. The molecule has 1 aliphatic rings. The van der Waals surface area contributed by atoms with E-state index in [0.29, 0.717) is 16.7 Å². The van der Waals surface area contributed by atoms with Crippen molar-refractivity contribution in [1.82, 2.24) is 4.90 Å². The van der Waals surface area contributed by atoms with Crippen LogP contribution in [0.1, 0.15) is 37.0 Å². The first-order valence-corrected chi connectivity index (χ1v) is 7.03. The van der Waals surface area contributed by atoms with Crippen LogP contribution in [0.3, 0.4) is 0 Å². The summed E-state index contributed by atoms with van der Waals surface area (Å²) in [6.45, 7) is 6.16. The van der Waals surface area contributed by atoms with Crippen molar-refractivity contribution in [2.75, 3.05) is 18.8 Å². The molecule has 1 aliphatic heterocycles. The number of benzene rings is 1. The van der Waals surface area contributed by atoms with Crippen LogP contribution in [-0.2, 0) is 0 Å². The zero-order valence-corrected chi connectivity index (χ0v) is 12.5. The van der Waals surface area contributed by atoms with Gasteiger partial charge in [-0.2, -0.15) is 0 Å². The van der Waals surface area contributed by atoms with E-state index in [1.54, 1.807) is 12.1 Å². The Balaban J connectivity index is 2.15. The lowest BCUT2D eigenvalue weighted by molar-refractivity contribution is 0.0629. The normalized spacial score (nSPS) is 18.7. The molecular formula is C14H19BrN2O. The fraction of sp³-hybridized carbons (Fsp3) is 0.500. The van der Waals surface area contributed by atoms with Crippen molar-refractivity contribution in [3.63, 3.8) is 0 Å². The third-order valence-electron chi connectivity index (χ3n) is 3.63. The maximum atomic E-state index is 12.4. The smallest absolute Gasteiger partial charge is 0.255 e. The summed E-state index contributed by atoms with van der Waals surface area (Å²) in [6.07, 6.45) is 2.11. The zero-order chi connectivity index (χ0) is 13.3. The molecule has 0 aromatic heterocycles. The van der Waals surface area contributed by atoms with E-state index in [0.717, 1.165) is 30.4 Å². The number of rotatable bonds is 1. The van der Waals surface area contributed by atoms with Crippen molar-refractivity contribution < 1.29 is 4.79 Å². The van der Waals surface area contributed by atoms with E-state index in [4.69, 9.17) is 5.73 Å². The second-order valence-corrected chi connectivity index (χ2v) is 6.55. The summed E-state index contributed by atoms with van der Waals surface area (Å²) < 4.78 is 0.812. The molecule has 2 N–H and O–H groups in total. The highest BCUT2D eigenvalue weighted by Crippen LogP contribution is 2.31. The minimum atomic E-state index is 0.0738. The number of anilines is 1. The topological polar surface area (TPSA) is 46.3 Å². The molecule has 3 nitrogen and oxygen atoms in total. The van der Waals surface area contributed by atoms with Crippen LogP contribution in [0.4, 0.5) is 5.69 Å². The number of halogens is 1. The Hall–Kier alpha value is -1.03. The number of hydrogen-bond acceptors (Lipinski definition) is 2. The van der Waals surface area contributed by atoms with Gasteiger partial charge in [-0.25, -0.2) is 0 Å². The Morgan fingerprint density at radius 3 is 2.56 bits per heavy atom. The molecule has 0 aliphatic carbocycles. The molecule has 1 fully saturated rings. The van der Waals surface area contributed by atoms with Crippen molar-refractivity contribution in [3.8, 4) is 0 Å². The highest BCUT2D eigenvalue weighted by atomic mass is 79.9. The molecule has 2 rings (SSSR count). The van der Waals surface area contributed by atoms with E-state index >= 15 is 0 Å². The summed E-state index contributed by atoms with van der Waals surface area (Å²) in [6, 6.07) is 5.36. The van der Waals surface area contributed by atoms with Crippen molar-refractivity contribution >= 4 is 27.5 Å². The fourth-order valence-electron chi connectivity index (χ4n) is 2.19. The van der Waals surface area contributed by atoms with Crippen molar-refractivity contribution in [2.24, 2.45) is 5.41 Å². The lowest BCUT2D eigenvalue weighted by Crippen LogP contribution is -2.41. The molecule has 0 unspecified atom stereocenters. The number of nitrogens with two attached hydrogens (primary N) is 1. The van der Waals surface area contributed by atoms with Gasteiger partial charge in [-0.1, -0.05) is 13.8 Å². The number of carbonyl (C=O) groups excluding carboxylic acids is 1. The minimum absolute atomic E-state index is 0.0738. The number of nitrogen functional groups attached to an aromatic ring is 1. The van der Waals surface area contributed by atoms with Crippen molar-refractivity contribution in [3.05, 3.63) is 28.2 Å². The van der Waals surface area contributed by atoms with Gasteiger partial charge in [-0.05, 0) is 52.4 Å². The number of hydrogen-bond donors (Lipinski definition) is 1. The van der Waals surface area contributed by atoms with Crippen molar-refractivity contribution in [1.29, 1.82) is 0 Å². The number of amides is 1. The van der Waals surface area contributed by atoms with Gasteiger partial charge < -0.3 is 10.6 Å². The van der Waals surface area contributed by atoms with E-state index in [2.05, 4.69) is 29.8 Å². The summed E-state index contributed by atoms with van der Waals surface area (Å²) in [4.78, 5) is 14.3. The highest BCUT2D eigenvalue weighted by Gasteiger charge is 2.28. The van der Waals surface area contributed by atoms with Crippen molar-refractivity contribution in [2.45, 2.75) is 26.7 Å². The average molecular weight is 311 g/mol. The maximum absolute atomic E-state index is 12.4. The van der Waals surface area contributed by atoms with Crippen LogP contribution in [0.25, 0.3) is 0 Å². The standard InChI is InChI=1S/C14H19BrN2O/c1-14(2)5-7-17(8-6-14)13(18)11-9-10(16)3-4-12(11)15/h3-4,9H,5-8,16H2,1-2H3. The van der Waals surface area contributed by atoms with E-state index in [9.17, 15) is 4.79 Å². The molecule has 18 heavy (non-hydrogen) atoms. The van der Waals surface area contributed by atoms with E-state index in [1.165, 1.54) is 0 Å².